The van der Waals surface area contributed by atoms with Gasteiger partial charge in [0, 0.05) is 32.6 Å². The molecule has 2 aliphatic rings. The Labute approximate surface area is 290 Å². The van der Waals surface area contributed by atoms with Crippen molar-refractivity contribution < 1.29 is 37.4 Å². The van der Waals surface area contributed by atoms with Crippen molar-refractivity contribution in [2.45, 2.75) is 82.1 Å². The van der Waals surface area contributed by atoms with Crippen LogP contribution in [-0.2, 0) is 33.8 Å². The van der Waals surface area contributed by atoms with Crippen LogP contribution >= 0.6 is 0 Å². The zero-order valence-corrected chi connectivity index (χ0v) is 28.4. The number of likely N-dealkylation sites (tertiary alicyclic amines) is 1. The van der Waals surface area contributed by atoms with Crippen LogP contribution < -0.4 is 20.7 Å². The monoisotopic (exact) mass is 694 g/mol. The summed E-state index contributed by atoms with van der Waals surface area (Å²) < 4.78 is 47.7. The number of aliphatic hydroxyl groups is 1. The first kappa shape index (κ1) is 36.9. The predicted molar refractivity (Wildman–Crippen MR) is 181 cm³/mol. The lowest BCUT2D eigenvalue weighted by atomic mass is 9.90. The molecule has 0 radical (unpaired) electrons. The van der Waals surface area contributed by atoms with Gasteiger partial charge in [0.1, 0.15) is 34.8 Å². The first-order valence-corrected chi connectivity index (χ1v) is 17.1. The Morgan fingerprint density at radius 3 is 2.36 bits per heavy atom. The van der Waals surface area contributed by atoms with E-state index in [1.54, 1.807) is 19.2 Å². The third kappa shape index (κ3) is 9.85. The first-order chi connectivity index (χ1) is 23.9. The van der Waals surface area contributed by atoms with Crippen LogP contribution in [0.1, 0.15) is 55.7 Å². The normalized spacial score (nSPS) is 19.2. The summed E-state index contributed by atoms with van der Waals surface area (Å²) in [5.41, 5.74) is 0.617. The average Bonchev–Trinajstić information content (AvgIpc) is 3.83. The van der Waals surface area contributed by atoms with E-state index in [4.69, 9.17) is 4.74 Å². The number of nitrogens with one attached hydrogen (secondary N) is 3. The summed E-state index contributed by atoms with van der Waals surface area (Å²) in [7, 11) is 1.56. The SMILES string of the molecule is COc1cccc(CNCC(O)[C@H](Cc2cc(F)cc(F)c2)NC(=O)[C@@H](CCc2cccc(F)c2)N2CC[C@](CC3CC3)(NC(C)=O)C2=O)c1. The van der Waals surface area contributed by atoms with Gasteiger partial charge in [0.25, 0.3) is 0 Å². The minimum Gasteiger partial charge on any atom is -0.497 e. The third-order valence-corrected chi connectivity index (χ3v) is 9.46. The quantitative estimate of drug-likeness (QED) is 0.168. The number of carbonyl (C=O) groups excluding carboxylic acids is 3. The van der Waals surface area contributed by atoms with Gasteiger partial charge in [-0.3, -0.25) is 14.4 Å². The summed E-state index contributed by atoms with van der Waals surface area (Å²) in [5.74, 6) is -2.32. The van der Waals surface area contributed by atoms with Gasteiger partial charge in [-0.25, -0.2) is 13.2 Å². The fraction of sp³-hybridized carbons (Fsp3) is 0.447. The van der Waals surface area contributed by atoms with Crippen molar-refractivity contribution >= 4 is 17.7 Å². The van der Waals surface area contributed by atoms with Crippen LogP contribution in [0.5, 0.6) is 5.75 Å². The number of carbonyl (C=O) groups is 3. The first-order valence-electron chi connectivity index (χ1n) is 17.1. The van der Waals surface area contributed by atoms with Gasteiger partial charge in [-0.15, -0.1) is 0 Å². The van der Waals surface area contributed by atoms with E-state index in [1.165, 1.54) is 24.0 Å². The summed E-state index contributed by atoms with van der Waals surface area (Å²) in [6, 6.07) is 14.3. The Morgan fingerprint density at radius 1 is 0.980 bits per heavy atom. The summed E-state index contributed by atoms with van der Waals surface area (Å²) in [4.78, 5) is 42.2. The molecule has 2 fully saturated rings. The Balaban J connectivity index is 1.38. The molecule has 12 heteroatoms. The van der Waals surface area contributed by atoms with Gasteiger partial charge in [-0.05, 0) is 91.1 Å². The Morgan fingerprint density at radius 2 is 1.68 bits per heavy atom. The van der Waals surface area contributed by atoms with Gasteiger partial charge < -0.3 is 30.7 Å². The number of benzene rings is 3. The van der Waals surface area contributed by atoms with Crippen LogP contribution in [0.4, 0.5) is 13.2 Å². The highest BCUT2D eigenvalue weighted by Gasteiger charge is 2.52. The van der Waals surface area contributed by atoms with Crippen molar-refractivity contribution in [3.63, 3.8) is 0 Å². The molecule has 50 heavy (non-hydrogen) atoms. The maximum Gasteiger partial charge on any atom is 0.249 e. The van der Waals surface area contributed by atoms with E-state index >= 15 is 0 Å². The van der Waals surface area contributed by atoms with E-state index in [-0.39, 0.29) is 49.7 Å². The molecular weight excluding hydrogens is 649 g/mol. The van der Waals surface area contributed by atoms with Crippen LogP contribution in [0.2, 0.25) is 0 Å². The summed E-state index contributed by atoms with van der Waals surface area (Å²) in [6.07, 6.45) is 1.81. The van der Waals surface area contributed by atoms with Gasteiger partial charge in [-0.2, -0.15) is 0 Å². The molecule has 0 bridgehead atoms. The highest BCUT2D eigenvalue weighted by Crippen LogP contribution is 2.41. The maximum atomic E-state index is 14.3. The Bertz CT molecular complexity index is 1650. The molecule has 3 aromatic rings. The molecule has 3 amide bonds. The van der Waals surface area contributed by atoms with Crippen LogP contribution in [-0.4, -0.2) is 71.7 Å². The van der Waals surface area contributed by atoms with Crippen LogP contribution in [0.25, 0.3) is 0 Å². The molecule has 5 rings (SSSR count). The molecule has 1 saturated carbocycles. The lowest BCUT2D eigenvalue weighted by Gasteiger charge is -2.33. The predicted octanol–water partition coefficient (Wildman–Crippen LogP) is 4.20. The average molecular weight is 695 g/mol. The van der Waals surface area contributed by atoms with Crippen LogP contribution in [0, 0.1) is 23.4 Å². The zero-order chi connectivity index (χ0) is 35.8. The molecule has 4 atom stereocenters. The topological polar surface area (TPSA) is 120 Å². The standard InChI is InChI=1S/C38H45F3N4O5/c1-24(46)44-38(21-26-9-10-26)13-14-45(37(38)49)34(12-11-25-5-3-7-29(39)15-25)36(48)43-33(19-28-16-30(40)20-31(41)17-28)35(47)23-42-22-27-6-4-8-32(18-27)50-2/h3-8,15-18,20,26,33-35,42,47H,9-14,19,21-23H2,1-2H3,(H,43,48)(H,44,46)/t33-,34+,35?,38+/m0/s1. The number of hydrogen-bond donors (Lipinski definition) is 4. The second kappa shape index (κ2) is 16.5. The molecule has 1 aliphatic carbocycles. The second-order valence-corrected chi connectivity index (χ2v) is 13.5. The van der Waals surface area contributed by atoms with E-state index in [9.17, 15) is 32.7 Å². The van der Waals surface area contributed by atoms with Crippen molar-refractivity contribution in [1.82, 2.24) is 20.9 Å². The van der Waals surface area contributed by atoms with Gasteiger partial charge in [0.2, 0.25) is 17.7 Å². The fourth-order valence-electron chi connectivity index (χ4n) is 6.86. The fourth-order valence-corrected chi connectivity index (χ4v) is 6.86. The molecule has 1 saturated heterocycles. The number of ether oxygens (including phenoxy) is 1. The number of hydrogen-bond acceptors (Lipinski definition) is 6. The molecule has 1 unspecified atom stereocenters. The van der Waals surface area contributed by atoms with Gasteiger partial charge in [0.05, 0.1) is 19.3 Å². The van der Waals surface area contributed by atoms with E-state index in [0.717, 1.165) is 36.6 Å². The molecule has 0 spiro atoms. The molecular formula is C38H45F3N4O5. The number of rotatable bonds is 17. The number of nitrogens with zero attached hydrogens (tertiary/aromatic N) is 1. The molecule has 1 aliphatic heterocycles. The zero-order valence-electron chi connectivity index (χ0n) is 28.4. The van der Waals surface area contributed by atoms with E-state index < -0.39 is 47.1 Å². The molecule has 3 aromatic carbocycles. The van der Waals surface area contributed by atoms with Crippen LogP contribution in [0.3, 0.4) is 0 Å². The molecule has 9 nitrogen and oxygen atoms in total. The van der Waals surface area contributed by atoms with E-state index in [2.05, 4.69) is 16.0 Å². The number of aliphatic hydroxyl groups excluding tert-OH is 1. The van der Waals surface area contributed by atoms with Crippen molar-refractivity contribution in [1.29, 1.82) is 0 Å². The second-order valence-electron chi connectivity index (χ2n) is 13.5. The minimum absolute atomic E-state index is 0.0174. The van der Waals surface area contributed by atoms with Crippen molar-refractivity contribution in [2.24, 2.45) is 5.92 Å². The number of amides is 3. The summed E-state index contributed by atoms with van der Waals surface area (Å²) in [6.45, 7) is 1.96. The largest absolute Gasteiger partial charge is 0.497 e. The molecule has 4 N–H and O–H groups in total. The summed E-state index contributed by atoms with van der Waals surface area (Å²) >= 11 is 0. The van der Waals surface area contributed by atoms with Crippen molar-refractivity contribution in [2.75, 3.05) is 20.2 Å². The lowest BCUT2D eigenvalue weighted by molar-refractivity contribution is -0.143. The Kier molecular flexibility index (Phi) is 12.2. The lowest BCUT2D eigenvalue weighted by Crippen LogP contribution is -2.59. The summed E-state index contributed by atoms with van der Waals surface area (Å²) in [5, 5.41) is 20.3. The Hall–Kier alpha value is -4.42. The van der Waals surface area contributed by atoms with E-state index in [1.807, 2.05) is 24.3 Å². The number of aryl methyl sites for hydroxylation is 1. The maximum absolute atomic E-state index is 14.3. The minimum atomic E-state index is -1.21. The van der Waals surface area contributed by atoms with Gasteiger partial charge >= 0.3 is 0 Å². The molecule has 1 heterocycles. The molecule has 268 valence electrons. The molecule has 0 aromatic heterocycles. The van der Waals surface area contributed by atoms with Crippen molar-refractivity contribution in [3.8, 4) is 5.75 Å². The number of methoxy groups -OCH3 is 1. The van der Waals surface area contributed by atoms with Gasteiger partial charge in [0.15, 0.2) is 0 Å². The van der Waals surface area contributed by atoms with E-state index in [0.29, 0.717) is 36.6 Å². The number of halogens is 3. The third-order valence-electron chi connectivity index (χ3n) is 9.46. The highest BCUT2D eigenvalue weighted by atomic mass is 19.1. The van der Waals surface area contributed by atoms with Gasteiger partial charge in [-0.1, -0.05) is 37.1 Å². The highest BCUT2D eigenvalue weighted by molar-refractivity contribution is 5.96. The smallest absolute Gasteiger partial charge is 0.249 e. The van der Waals surface area contributed by atoms with Crippen LogP contribution in [0.15, 0.2) is 66.7 Å². The van der Waals surface area contributed by atoms with Crippen molar-refractivity contribution in [3.05, 3.63) is 101 Å².